The average Bonchev–Trinajstić information content (AvgIpc) is 2.80. The maximum atomic E-state index is 6.14. The largest absolute Gasteiger partial charge is 0.191 e. The zero-order chi connectivity index (χ0) is 13.6. The molecule has 1 aromatic carbocycles. The lowest BCUT2D eigenvalue weighted by atomic mass is 10.2. The van der Waals surface area contributed by atoms with Crippen molar-refractivity contribution in [1.82, 2.24) is 19.8 Å². The summed E-state index contributed by atoms with van der Waals surface area (Å²) in [6, 6.07) is 7.85. The maximum absolute atomic E-state index is 6.14. The number of benzene rings is 1. The average molecular weight is 338 g/mol. The van der Waals surface area contributed by atoms with Gasteiger partial charge in [-0.2, -0.15) is 9.61 Å². The molecule has 0 bridgehead atoms. The molecular formula is C13H10BrClN4. The summed E-state index contributed by atoms with van der Waals surface area (Å²) in [7, 11) is 0. The summed E-state index contributed by atoms with van der Waals surface area (Å²) in [5.41, 5.74) is 3.60. The molecule has 0 aliphatic heterocycles. The fourth-order valence-electron chi connectivity index (χ4n) is 1.90. The fraction of sp³-hybridized carbons (Fsp3) is 0.154. The Bertz CT molecular complexity index is 782. The number of hydrogen-bond acceptors (Lipinski definition) is 3. The van der Waals surface area contributed by atoms with Crippen LogP contribution in [0.2, 0.25) is 5.15 Å². The van der Waals surface area contributed by atoms with Gasteiger partial charge in [0.05, 0.1) is 0 Å². The highest BCUT2D eigenvalue weighted by molar-refractivity contribution is 9.10. The second kappa shape index (κ2) is 4.58. The monoisotopic (exact) mass is 336 g/mol. The first-order valence-corrected chi connectivity index (χ1v) is 6.89. The van der Waals surface area contributed by atoms with Crippen molar-refractivity contribution in [3.63, 3.8) is 0 Å². The van der Waals surface area contributed by atoms with Crippen LogP contribution in [0.25, 0.3) is 17.0 Å². The van der Waals surface area contributed by atoms with Gasteiger partial charge in [0, 0.05) is 15.6 Å². The van der Waals surface area contributed by atoms with E-state index in [1.165, 1.54) is 0 Å². The minimum absolute atomic E-state index is 0.473. The summed E-state index contributed by atoms with van der Waals surface area (Å²) in [6.07, 6.45) is 0. The van der Waals surface area contributed by atoms with E-state index in [9.17, 15) is 0 Å². The van der Waals surface area contributed by atoms with Gasteiger partial charge in [0.15, 0.2) is 16.6 Å². The molecule has 3 rings (SSSR count). The summed E-state index contributed by atoms with van der Waals surface area (Å²) in [4.78, 5) is 0. The zero-order valence-electron chi connectivity index (χ0n) is 10.4. The van der Waals surface area contributed by atoms with Gasteiger partial charge in [-0.25, -0.2) is 0 Å². The van der Waals surface area contributed by atoms with Gasteiger partial charge in [-0.15, -0.1) is 10.2 Å². The Morgan fingerprint density at radius 3 is 2.68 bits per heavy atom. The first-order chi connectivity index (χ1) is 9.08. The van der Waals surface area contributed by atoms with E-state index >= 15 is 0 Å². The van der Waals surface area contributed by atoms with Crippen molar-refractivity contribution in [3.8, 4) is 11.4 Å². The topological polar surface area (TPSA) is 43.1 Å². The molecule has 2 heterocycles. The molecule has 0 unspecified atom stereocenters. The number of rotatable bonds is 1. The molecule has 0 N–H and O–H groups in total. The van der Waals surface area contributed by atoms with E-state index in [4.69, 9.17) is 11.6 Å². The van der Waals surface area contributed by atoms with Gasteiger partial charge < -0.3 is 0 Å². The van der Waals surface area contributed by atoms with Gasteiger partial charge in [-0.1, -0.05) is 39.7 Å². The van der Waals surface area contributed by atoms with Crippen molar-refractivity contribution >= 4 is 33.2 Å². The summed E-state index contributed by atoms with van der Waals surface area (Å²) >= 11 is 9.59. The SMILES string of the molecule is Cc1c(Cl)nn2c(-c3cccc(Br)c3)nnc2c1C. The summed E-state index contributed by atoms with van der Waals surface area (Å²) in [5, 5.41) is 13.2. The van der Waals surface area contributed by atoms with Crippen LogP contribution in [-0.4, -0.2) is 19.8 Å². The van der Waals surface area contributed by atoms with Gasteiger partial charge >= 0.3 is 0 Å². The van der Waals surface area contributed by atoms with Crippen LogP contribution < -0.4 is 0 Å². The minimum atomic E-state index is 0.473. The number of fused-ring (bicyclic) bond motifs is 1. The summed E-state index contributed by atoms with van der Waals surface area (Å²) in [6.45, 7) is 3.90. The molecule has 4 nitrogen and oxygen atoms in total. The minimum Gasteiger partial charge on any atom is -0.191 e. The van der Waals surface area contributed by atoms with E-state index in [1.54, 1.807) is 4.52 Å². The first-order valence-electron chi connectivity index (χ1n) is 5.72. The zero-order valence-corrected chi connectivity index (χ0v) is 12.7. The predicted octanol–water partition coefficient (Wildman–Crippen LogP) is 3.82. The first kappa shape index (κ1) is 12.6. The molecule has 0 saturated heterocycles. The molecule has 19 heavy (non-hydrogen) atoms. The third kappa shape index (κ3) is 2.03. The van der Waals surface area contributed by atoms with Crippen LogP contribution in [0.1, 0.15) is 11.1 Å². The fourth-order valence-corrected chi connectivity index (χ4v) is 2.52. The predicted molar refractivity (Wildman–Crippen MR) is 78.4 cm³/mol. The van der Waals surface area contributed by atoms with Crippen LogP contribution in [0, 0.1) is 13.8 Å². The second-order valence-electron chi connectivity index (χ2n) is 4.31. The molecule has 6 heteroatoms. The van der Waals surface area contributed by atoms with Gasteiger partial charge in [-0.3, -0.25) is 0 Å². The number of nitrogens with zero attached hydrogens (tertiary/aromatic N) is 4. The Morgan fingerprint density at radius 1 is 1.16 bits per heavy atom. The van der Waals surface area contributed by atoms with Crippen molar-refractivity contribution in [1.29, 1.82) is 0 Å². The molecule has 0 atom stereocenters. The van der Waals surface area contributed by atoms with E-state index in [-0.39, 0.29) is 0 Å². The molecular weight excluding hydrogens is 328 g/mol. The van der Waals surface area contributed by atoms with Gasteiger partial charge in [0.2, 0.25) is 0 Å². The van der Waals surface area contributed by atoms with Crippen LogP contribution in [0.3, 0.4) is 0 Å². The van der Waals surface area contributed by atoms with E-state index in [0.29, 0.717) is 11.0 Å². The van der Waals surface area contributed by atoms with Crippen molar-refractivity contribution < 1.29 is 0 Å². The van der Waals surface area contributed by atoms with E-state index < -0.39 is 0 Å². The molecule has 0 radical (unpaired) electrons. The molecule has 0 aliphatic rings. The molecule has 2 aromatic heterocycles. The molecule has 0 fully saturated rings. The third-order valence-corrected chi connectivity index (χ3v) is 3.97. The number of halogens is 2. The molecule has 0 aliphatic carbocycles. The number of hydrogen-bond donors (Lipinski definition) is 0. The Morgan fingerprint density at radius 2 is 1.95 bits per heavy atom. The standard InChI is InChI=1S/C13H10BrClN4/c1-7-8(2)12-16-17-13(19(12)18-11(7)15)9-4-3-5-10(14)6-9/h3-6H,1-2H3. The quantitative estimate of drug-likeness (QED) is 0.678. The molecule has 0 spiro atoms. The van der Waals surface area contributed by atoms with Crippen LogP contribution in [-0.2, 0) is 0 Å². The van der Waals surface area contributed by atoms with Crippen molar-refractivity contribution in [2.24, 2.45) is 0 Å². The van der Waals surface area contributed by atoms with Crippen LogP contribution >= 0.6 is 27.5 Å². The van der Waals surface area contributed by atoms with Gasteiger partial charge in [0.1, 0.15) is 0 Å². The molecule has 3 aromatic rings. The molecule has 0 saturated carbocycles. The van der Waals surface area contributed by atoms with Crippen molar-refractivity contribution in [2.75, 3.05) is 0 Å². The van der Waals surface area contributed by atoms with Gasteiger partial charge in [-0.05, 0) is 31.5 Å². The Hall–Kier alpha value is -1.46. The maximum Gasteiger partial charge on any atom is 0.185 e. The summed E-state index contributed by atoms with van der Waals surface area (Å²) in [5.74, 6) is 0.682. The van der Waals surface area contributed by atoms with E-state index in [0.717, 1.165) is 26.8 Å². The lowest BCUT2D eigenvalue weighted by Gasteiger charge is -2.05. The normalized spacial score (nSPS) is 11.2. The Balaban J connectivity index is 2.32. The summed E-state index contributed by atoms with van der Waals surface area (Å²) < 4.78 is 2.67. The molecule has 0 amide bonds. The highest BCUT2D eigenvalue weighted by atomic mass is 79.9. The Labute approximate surface area is 123 Å². The number of aromatic nitrogens is 4. The van der Waals surface area contributed by atoms with Crippen LogP contribution in [0.4, 0.5) is 0 Å². The lowest BCUT2D eigenvalue weighted by molar-refractivity contribution is 0.919. The highest BCUT2D eigenvalue weighted by Gasteiger charge is 2.14. The second-order valence-corrected chi connectivity index (χ2v) is 5.58. The molecule has 96 valence electrons. The van der Waals surface area contributed by atoms with Crippen molar-refractivity contribution in [2.45, 2.75) is 13.8 Å². The van der Waals surface area contributed by atoms with Crippen LogP contribution in [0.5, 0.6) is 0 Å². The van der Waals surface area contributed by atoms with Crippen LogP contribution in [0.15, 0.2) is 28.7 Å². The Kier molecular flexibility index (Phi) is 3.03. The lowest BCUT2D eigenvalue weighted by Crippen LogP contribution is -2.00. The van der Waals surface area contributed by atoms with E-state index in [2.05, 4.69) is 31.2 Å². The highest BCUT2D eigenvalue weighted by Crippen LogP contribution is 2.25. The smallest absolute Gasteiger partial charge is 0.185 e. The van der Waals surface area contributed by atoms with Gasteiger partial charge in [0.25, 0.3) is 0 Å². The third-order valence-electron chi connectivity index (χ3n) is 3.12. The number of aryl methyl sites for hydroxylation is 1. The van der Waals surface area contributed by atoms with Crippen molar-refractivity contribution in [3.05, 3.63) is 45.0 Å². The van der Waals surface area contributed by atoms with E-state index in [1.807, 2.05) is 38.1 Å².